The quantitative estimate of drug-likeness (QED) is 0.0171. The molecule has 0 amide bonds. The van der Waals surface area contributed by atoms with Crippen molar-refractivity contribution in [1.82, 2.24) is 73.1 Å². The van der Waals surface area contributed by atoms with E-state index in [0.29, 0.717) is 51.5 Å². The van der Waals surface area contributed by atoms with Crippen molar-refractivity contribution in [3.8, 4) is 0 Å². The maximum Gasteiger partial charge on any atom is 0.163 e. The van der Waals surface area contributed by atoms with Crippen molar-refractivity contribution in [2.75, 3.05) is 34.4 Å². The van der Waals surface area contributed by atoms with Crippen LogP contribution in [0.5, 0.6) is 0 Å². The summed E-state index contributed by atoms with van der Waals surface area (Å²) in [6.07, 6.45) is 26.5. The molecule has 36 heteroatoms. The van der Waals surface area contributed by atoms with Crippen molar-refractivity contribution in [2.24, 2.45) is 21.7 Å². The van der Waals surface area contributed by atoms with Gasteiger partial charge in [-0.15, -0.1) is 6.58 Å². The van der Waals surface area contributed by atoms with E-state index in [1.807, 2.05) is 125 Å². The lowest BCUT2D eigenvalue weighted by Crippen LogP contribution is -2.36. The first-order chi connectivity index (χ1) is 67.8. The molecule has 23 rings (SSSR count). The number of anilines is 6. The van der Waals surface area contributed by atoms with E-state index in [-0.39, 0.29) is 84.5 Å². The van der Waals surface area contributed by atoms with Crippen molar-refractivity contribution in [2.45, 2.75) is 257 Å². The highest BCUT2D eigenvalue weighted by Gasteiger charge is 2.64. The summed E-state index contributed by atoms with van der Waals surface area (Å²) in [6.45, 7) is 24.9. The minimum absolute atomic E-state index is 0. The van der Waals surface area contributed by atoms with Crippen molar-refractivity contribution < 1.29 is 38.6 Å². The summed E-state index contributed by atoms with van der Waals surface area (Å²) >= 11 is 28.6. The van der Waals surface area contributed by atoms with Gasteiger partial charge in [-0.1, -0.05) is 107 Å². The SMILES string of the molecule is C.C=C[C@@]1(CC)C[C@@H](n2ccc3c(Cl)ncnc32)[C@@H]2OC(C)(C)O[C@@H]21.CC[C@]1(CCc2ccc3cc(Br)c(N)nc3c2)C[C@@H](n2ccc3c(Cl)ncnc32)[C@@H]2OC(C)(C)O[C@@H]21.CC[C@]1(CCc2ccc3cc(Br)c(N)nc3c2)C[C@@H](n2ccc3c(N)ncnc32)[C@@H]2OC(C)(C)O[C@@H]21.CC[C@]1(CCc2ccc3cc(Br)c(N)nc3c2)C[C@@H](n2ccc3c(N)ncnc32)[C@H](O)[C@@H]1O.Nc1cc2cc(I)ccc2cc1Br. The third-order valence-electron chi connectivity index (χ3n) is 30.9. The summed E-state index contributed by atoms with van der Waals surface area (Å²) in [4.78, 5) is 48.0. The Balaban J connectivity index is 0.000000121. The molecular formula is C107H120Br4Cl2IN21O8. The molecule has 14 N–H and O–H groups in total. The van der Waals surface area contributed by atoms with Crippen LogP contribution in [0.1, 0.15) is 188 Å². The van der Waals surface area contributed by atoms with Gasteiger partial charge in [-0.25, -0.2) is 54.8 Å². The van der Waals surface area contributed by atoms with Crippen molar-refractivity contribution in [3.05, 3.63) is 239 Å². The predicted octanol–water partition coefficient (Wildman–Crippen LogP) is 24.0. The fraction of sp³-hybridized carbons (Fsp3) is 0.411. The molecule has 143 heavy (non-hydrogen) atoms. The number of aromatic nitrogens is 15. The van der Waals surface area contributed by atoms with Gasteiger partial charge in [0.2, 0.25) is 0 Å². The highest BCUT2D eigenvalue weighted by molar-refractivity contribution is 14.1. The molecule has 16 aromatic rings. The lowest BCUT2D eigenvalue weighted by molar-refractivity contribution is -0.170. The Kier molecular flexibility index (Phi) is 29.4. The minimum Gasteiger partial charge on any atom is -0.398 e. The number of pyridine rings is 3. The van der Waals surface area contributed by atoms with E-state index < -0.39 is 35.0 Å². The van der Waals surface area contributed by atoms with Gasteiger partial charge in [0, 0.05) is 76.3 Å². The zero-order valence-corrected chi connectivity index (χ0v) is 90.5. The molecule has 3 aliphatic heterocycles. The summed E-state index contributed by atoms with van der Waals surface area (Å²) in [5.74, 6) is 0.520. The number of hydrogen-bond acceptors (Lipinski definition) is 25. The number of aliphatic hydroxyl groups is 2. The summed E-state index contributed by atoms with van der Waals surface area (Å²) in [7, 11) is 0. The first-order valence-corrected chi connectivity index (χ1v) is 53.1. The number of halogens is 7. The number of aryl methyl sites for hydroxylation is 3. The van der Waals surface area contributed by atoms with E-state index in [1.54, 1.807) is 0 Å². The maximum atomic E-state index is 11.2. The van der Waals surface area contributed by atoms with Gasteiger partial charge in [-0.05, 0) is 330 Å². The second-order valence-corrected chi connectivity index (χ2v) is 45.6. The highest BCUT2D eigenvalue weighted by Crippen LogP contribution is 2.61. The van der Waals surface area contributed by atoms with Gasteiger partial charge in [0.25, 0.3) is 0 Å². The molecule has 5 aromatic carbocycles. The number of rotatable bonds is 18. The van der Waals surface area contributed by atoms with Gasteiger partial charge >= 0.3 is 0 Å². The van der Waals surface area contributed by atoms with E-state index in [0.717, 1.165) is 184 Å². The van der Waals surface area contributed by atoms with Crippen LogP contribution in [0.3, 0.4) is 0 Å². The average Bonchev–Trinajstić information content (AvgIpc) is 1.56. The molecule has 11 aromatic heterocycles. The number of benzene rings is 5. The number of hydrogen-bond donors (Lipinski definition) is 8. The number of fused-ring (bicyclic) bond motifs is 11. The van der Waals surface area contributed by atoms with Gasteiger partial charge < -0.3 is 91.3 Å². The topological polar surface area (TPSA) is 413 Å². The van der Waals surface area contributed by atoms with Gasteiger partial charge in [0.05, 0.1) is 100 Å². The van der Waals surface area contributed by atoms with Gasteiger partial charge in [-0.2, -0.15) is 0 Å². The number of nitrogens with zero attached hydrogens (tertiary/aromatic N) is 15. The van der Waals surface area contributed by atoms with Crippen LogP contribution in [0, 0.1) is 25.2 Å². The van der Waals surface area contributed by atoms with Crippen LogP contribution in [0.4, 0.5) is 34.8 Å². The molecule has 0 bridgehead atoms. The average molecular weight is 2350 g/mol. The van der Waals surface area contributed by atoms with Crippen molar-refractivity contribution in [3.63, 3.8) is 0 Å². The largest absolute Gasteiger partial charge is 0.398 e. The van der Waals surface area contributed by atoms with E-state index >= 15 is 0 Å². The van der Waals surface area contributed by atoms with Crippen LogP contribution >= 0.6 is 110 Å². The summed E-state index contributed by atoms with van der Waals surface area (Å²) in [5, 5.41) is 32.1. The van der Waals surface area contributed by atoms with E-state index in [2.05, 4.69) is 268 Å². The Labute approximate surface area is 887 Å². The molecule has 0 spiro atoms. The lowest BCUT2D eigenvalue weighted by Gasteiger charge is -2.34. The third kappa shape index (κ3) is 19.8. The first kappa shape index (κ1) is 103. The van der Waals surface area contributed by atoms with Crippen LogP contribution < -0.4 is 34.4 Å². The molecule has 0 radical (unpaired) electrons. The lowest BCUT2D eigenvalue weighted by atomic mass is 9.76. The molecule has 0 unspecified atom stereocenters. The Bertz CT molecular complexity index is 7300. The number of nitrogens with two attached hydrogens (primary N) is 6. The minimum atomic E-state index is -0.896. The standard InChI is InChI=1S/C27H29BrClN5O2.C27H31BrN6O2.C24H27BrN6O2.C18H22ClN3O2.C10H7BrIN.CH4/c2*1-4-27(9-7-15-5-6-16-12-18(28)24(30)33-19(16)11-15)13-20(21-22(27)36-26(2,3)35-21)34-10-8-17-23(29)31-14-32-25(17)34;1-2-24(7-5-13-3-4-14-10-16(25)22(27)30-17(14)9-13)11-18(19(32)20(24)33)31-8-6-15-21(26)28-12-29-23(15)31;1-5-18(6-2)9-12(13-14(18)24-17(3,4)23-13)22-8-7-11-15(19)20-10-21-16(11)22;11-9-4-6-1-2-8(12)3-7(6)5-10(9)13;/h5-6,8,10-12,14,20-22H,4,7,9,13H2,1-3H3,(H2,30,33);5-6,8,10-12,14,20-22H,4,7,9,13H2,1-3H3,(H2,30,33)(H2,29,31,32);3-4,6,8-10,12,18-20,32-33H,2,5,7,11H2,1H3,(H2,27,30)(H2,26,28,29);5,7-8,10,12-14H,1,6,9H2,2-4H3;1-5H,13H2;1H4/t2*20-,21+,22+,27+;18-,19+,20+,24+;12-,13+,14+,18-;;/m1111../s1. The fourth-order valence-corrected chi connectivity index (χ4v) is 25.5. The summed E-state index contributed by atoms with van der Waals surface area (Å²) in [5.41, 5.74) is 45.6. The first-order valence-electron chi connectivity index (χ1n) is 48.1. The van der Waals surface area contributed by atoms with E-state index in [9.17, 15) is 10.2 Å². The normalized spacial score (nSPS) is 26.3. The molecule has 16 atom stereocenters. The predicted molar refractivity (Wildman–Crippen MR) is 590 cm³/mol. The van der Waals surface area contributed by atoms with Gasteiger partial charge in [0.15, 0.2) is 17.4 Å². The molecule has 29 nitrogen and oxygen atoms in total. The molecule has 14 heterocycles. The second-order valence-electron chi connectivity index (χ2n) is 40.2. The van der Waals surface area contributed by atoms with Gasteiger partial charge in [0.1, 0.15) is 112 Å². The Morgan fingerprint density at radius 2 is 0.748 bits per heavy atom. The zero-order chi connectivity index (χ0) is 100. The number of nitrogen functional groups attached to an aromatic ring is 6. The molecule has 4 saturated carbocycles. The van der Waals surface area contributed by atoms with Crippen LogP contribution in [-0.4, -0.2) is 149 Å². The summed E-state index contributed by atoms with van der Waals surface area (Å²) in [6, 6.07) is 43.3. The van der Waals surface area contributed by atoms with Crippen LogP contribution in [0.2, 0.25) is 10.3 Å². The van der Waals surface area contributed by atoms with Crippen LogP contribution in [0.15, 0.2) is 208 Å². The third-order valence-corrected chi connectivity index (χ3v) is 34.8. The Morgan fingerprint density at radius 1 is 0.399 bits per heavy atom. The molecular weight excluding hydrogens is 2220 g/mol. The Morgan fingerprint density at radius 3 is 1.15 bits per heavy atom. The number of aliphatic hydroxyl groups excluding tert-OH is 2. The number of ether oxygens (including phenoxy) is 6. The monoisotopic (exact) mass is 2340 g/mol. The van der Waals surface area contributed by atoms with E-state index in [1.165, 1.54) is 50.8 Å². The second kappa shape index (κ2) is 40.6. The highest BCUT2D eigenvalue weighted by atomic mass is 127. The smallest absolute Gasteiger partial charge is 0.163 e. The van der Waals surface area contributed by atoms with Crippen LogP contribution in [-0.2, 0) is 47.7 Å². The maximum absolute atomic E-state index is 11.2. The van der Waals surface area contributed by atoms with Crippen molar-refractivity contribution in [1.29, 1.82) is 0 Å². The van der Waals surface area contributed by atoms with Crippen LogP contribution in [0.25, 0.3) is 87.6 Å². The molecule has 7 fully saturated rings. The molecule has 3 saturated heterocycles. The molecule has 750 valence electrons. The summed E-state index contributed by atoms with van der Waals surface area (Å²) < 4.78 is 52.0. The van der Waals surface area contributed by atoms with E-state index in [4.69, 9.17) is 86.0 Å². The van der Waals surface area contributed by atoms with Gasteiger partial charge in [-0.3, -0.25) is 0 Å². The molecule has 7 aliphatic rings. The Hall–Kier alpha value is -9.48. The zero-order valence-electron chi connectivity index (χ0n) is 80.5. The van der Waals surface area contributed by atoms with Crippen molar-refractivity contribution >= 4 is 232 Å². The fourth-order valence-electron chi connectivity index (χ4n) is 23.2. The molecule has 4 aliphatic carbocycles.